The summed E-state index contributed by atoms with van der Waals surface area (Å²) in [6.45, 7) is 13.1. The number of rotatable bonds is 2. The summed E-state index contributed by atoms with van der Waals surface area (Å²) in [6.07, 6.45) is 5.90. The molecule has 4 aliphatic heterocycles. The Balaban J connectivity index is 0.000000121. The number of hydrogen-bond donors (Lipinski definition) is 1. The molecule has 1 aliphatic carbocycles. The van der Waals surface area contributed by atoms with E-state index in [-0.39, 0.29) is 0 Å². The van der Waals surface area contributed by atoms with Crippen molar-refractivity contribution in [1.29, 1.82) is 0 Å². The van der Waals surface area contributed by atoms with Crippen molar-refractivity contribution in [3.05, 3.63) is 0 Å². The molecular weight excluding hydrogens is 246 g/mol. The minimum absolute atomic E-state index is 0.743. The highest BCUT2D eigenvalue weighted by molar-refractivity contribution is 4.98. The zero-order valence-electron chi connectivity index (χ0n) is 13.8. The van der Waals surface area contributed by atoms with E-state index in [1.165, 1.54) is 45.3 Å². The van der Waals surface area contributed by atoms with Crippen LogP contribution in [0.2, 0.25) is 0 Å². The van der Waals surface area contributed by atoms with Crippen molar-refractivity contribution in [3.8, 4) is 0 Å². The van der Waals surface area contributed by atoms with Crippen LogP contribution in [-0.2, 0) is 0 Å². The zero-order chi connectivity index (χ0) is 14.3. The fraction of sp³-hybridized carbons (Fsp3) is 1.00. The molecule has 3 heteroatoms. The smallest absolute Gasteiger partial charge is 0.0213 e. The maximum atomic E-state index is 3.52. The standard InChI is InChI=1S/C9H17N.C8H16N2/c1-7(2)10-6-8-3-4-9(10)5-8;1-6(2)10-4-7-3-8(5-10)9-7/h7-9H,3-6H2,1-2H3;6-9H,3-5H2,1-2H3. The molecule has 0 aromatic carbocycles. The Morgan fingerprint density at radius 2 is 1.50 bits per heavy atom. The van der Waals surface area contributed by atoms with Crippen LogP contribution in [-0.4, -0.2) is 59.6 Å². The third-order valence-electron chi connectivity index (χ3n) is 5.80. The van der Waals surface area contributed by atoms with Crippen LogP contribution in [0.3, 0.4) is 0 Å². The highest BCUT2D eigenvalue weighted by Gasteiger charge is 2.38. The first-order valence-corrected chi connectivity index (χ1v) is 8.78. The quantitative estimate of drug-likeness (QED) is 0.837. The van der Waals surface area contributed by atoms with E-state index in [2.05, 4.69) is 42.8 Å². The average molecular weight is 279 g/mol. The van der Waals surface area contributed by atoms with Gasteiger partial charge in [-0.05, 0) is 59.3 Å². The van der Waals surface area contributed by atoms with Gasteiger partial charge in [0, 0.05) is 49.8 Å². The summed E-state index contributed by atoms with van der Waals surface area (Å²) in [5.74, 6) is 1.06. The first kappa shape index (κ1) is 14.8. The Morgan fingerprint density at radius 1 is 0.850 bits per heavy atom. The van der Waals surface area contributed by atoms with Crippen LogP contribution < -0.4 is 5.32 Å². The van der Waals surface area contributed by atoms with Crippen molar-refractivity contribution >= 4 is 0 Å². The number of piperidine rings is 2. The van der Waals surface area contributed by atoms with E-state index in [4.69, 9.17) is 0 Å². The summed E-state index contributed by atoms with van der Waals surface area (Å²) in [7, 11) is 0. The fourth-order valence-electron chi connectivity index (χ4n) is 4.56. The van der Waals surface area contributed by atoms with Gasteiger partial charge in [0.1, 0.15) is 0 Å². The molecule has 0 amide bonds. The van der Waals surface area contributed by atoms with E-state index in [1.54, 1.807) is 0 Å². The molecule has 4 bridgehead atoms. The molecule has 5 fully saturated rings. The van der Waals surface area contributed by atoms with Crippen molar-refractivity contribution in [2.45, 2.75) is 83.6 Å². The Morgan fingerprint density at radius 3 is 1.80 bits per heavy atom. The second-order valence-corrected chi connectivity index (χ2v) is 7.97. The lowest BCUT2D eigenvalue weighted by atomic mass is 9.90. The maximum absolute atomic E-state index is 3.52. The highest BCUT2D eigenvalue weighted by atomic mass is 15.3. The van der Waals surface area contributed by atoms with Gasteiger partial charge in [-0.15, -0.1) is 0 Å². The Kier molecular flexibility index (Phi) is 4.40. The summed E-state index contributed by atoms with van der Waals surface area (Å²) < 4.78 is 0. The summed E-state index contributed by atoms with van der Waals surface area (Å²) >= 11 is 0. The topological polar surface area (TPSA) is 18.5 Å². The summed E-state index contributed by atoms with van der Waals surface area (Å²) in [6, 6.07) is 4.13. The van der Waals surface area contributed by atoms with Crippen LogP contribution >= 0.6 is 0 Å². The molecule has 1 N–H and O–H groups in total. The van der Waals surface area contributed by atoms with Crippen LogP contribution in [0.4, 0.5) is 0 Å². The van der Waals surface area contributed by atoms with Crippen LogP contribution in [0.25, 0.3) is 0 Å². The average Bonchev–Trinajstić information content (AvgIpc) is 3.01. The molecule has 5 aliphatic rings. The van der Waals surface area contributed by atoms with Gasteiger partial charge in [-0.2, -0.15) is 0 Å². The first-order valence-electron chi connectivity index (χ1n) is 8.78. The van der Waals surface area contributed by atoms with Crippen LogP contribution in [0, 0.1) is 5.92 Å². The van der Waals surface area contributed by atoms with Gasteiger partial charge in [0.2, 0.25) is 0 Å². The summed E-state index contributed by atoms with van der Waals surface area (Å²) in [5.41, 5.74) is 0. The van der Waals surface area contributed by atoms with Gasteiger partial charge in [0.05, 0.1) is 0 Å². The van der Waals surface area contributed by atoms with Crippen LogP contribution in [0.5, 0.6) is 0 Å². The predicted octanol–water partition coefficient (Wildman–Crippen LogP) is 2.32. The molecule has 0 spiro atoms. The summed E-state index contributed by atoms with van der Waals surface area (Å²) in [4.78, 5) is 5.24. The van der Waals surface area contributed by atoms with Gasteiger partial charge >= 0.3 is 0 Å². The number of hydrogen-bond acceptors (Lipinski definition) is 3. The number of fused-ring (bicyclic) bond motifs is 4. The fourth-order valence-corrected chi connectivity index (χ4v) is 4.56. The van der Waals surface area contributed by atoms with Crippen molar-refractivity contribution in [2.75, 3.05) is 19.6 Å². The lowest BCUT2D eigenvalue weighted by Gasteiger charge is -2.49. The Bertz CT molecular complexity index is 312. The largest absolute Gasteiger partial charge is 0.309 e. The second-order valence-electron chi connectivity index (χ2n) is 7.97. The number of likely N-dealkylation sites (tertiary alicyclic amines) is 1. The lowest BCUT2D eigenvalue weighted by molar-refractivity contribution is 0.0563. The Hall–Kier alpha value is -0.120. The number of nitrogens with zero attached hydrogens (tertiary/aromatic N) is 2. The minimum Gasteiger partial charge on any atom is -0.309 e. The molecule has 3 nitrogen and oxygen atoms in total. The molecule has 20 heavy (non-hydrogen) atoms. The third kappa shape index (κ3) is 3.05. The highest BCUT2D eigenvalue weighted by Crippen LogP contribution is 2.38. The van der Waals surface area contributed by atoms with E-state index >= 15 is 0 Å². The molecule has 116 valence electrons. The molecule has 0 aromatic rings. The van der Waals surface area contributed by atoms with Gasteiger partial charge in [0.15, 0.2) is 0 Å². The molecule has 5 rings (SSSR count). The van der Waals surface area contributed by atoms with E-state index < -0.39 is 0 Å². The van der Waals surface area contributed by atoms with Crippen molar-refractivity contribution in [1.82, 2.24) is 15.1 Å². The van der Waals surface area contributed by atoms with Crippen molar-refractivity contribution < 1.29 is 0 Å². The molecule has 4 heterocycles. The SMILES string of the molecule is CC(C)N1CC2CC(C1)N2.CC(C)N1CC2CCC1C2. The maximum Gasteiger partial charge on any atom is 0.0213 e. The first-order chi connectivity index (χ1) is 9.52. The lowest BCUT2D eigenvalue weighted by Crippen LogP contribution is -2.67. The van der Waals surface area contributed by atoms with Gasteiger partial charge in [-0.3, -0.25) is 9.80 Å². The van der Waals surface area contributed by atoms with E-state index in [0.29, 0.717) is 0 Å². The normalized spacial score (nSPS) is 39.9. The van der Waals surface area contributed by atoms with Crippen LogP contribution in [0.15, 0.2) is 0 Å². The van der Waals surface area contributed by atoms with Crippen molar-refractivity contribution in [3.63, 3.8) is 0 Å². The zero-order valence-corrected chi connectivity index (χ0v) is 13.8. The molecule has 1 saturated carbocycles. The number of piperazine rings is 1. The van der Waals surface area contributed by atoms with Gasteiger partial charge in [0.25, 0.3) is 0 Å². The Labute approximate surface area is 125 Å². The molecule has 0 aromatic heterocycles. The van der Waals surface area contributed by atoms with E-state index in [1.807, 2.05) is 0 Å². The molecule has 4 saturated heterocycles. The molecule has 4 atom stereocenters. The molecule has 0 radical (unpaired) electrons. The van der Waals surface area contributed by atoms with E-state index in [9.17, 15) is 0 Å². The third-order valence-corrected chi connectivity index (χ3v) is 5.80. The predicted molar refractivity (Wildman–Crippen MR) is 85.0 cm³/mol. The van der Waals surface area contributed by atoms with E-state index in [0.717, 1.165) is 36.1 Å². The molecular formula is C17H33N3. The van der Waals surface area contributed by atoms with Gasteiger partial charge in [-0.1, -0.05) is 0 Å². The van der Waals surface area contributed by atoms with Crippen molar-refractivity contribution in [2.24, 2.45) is 5.92 Å². The van der Waals surface area contributed by atoms with Crippen LogP contribution in [0.1, 0.15) is 53.4 Å². The minimum atomic E-state index is 0.743. The van der Waals surface area contributed by atoms with Gasteiger partial charge in [-0.25, -0.2) is 0 Å². The summed E-state index contributed by atoms with van der Waals surface area (Å²) in [5, 5.41) is 3.52. The number of nitrogens with one attached hydrogen (secondary N) is 1. The van der Waals surface area contributed by atoms with Gasteiger partial charge < -0.3 is 5.32 Å². The molecule has 4 unspecified atom stereocenters. The second kappa shape index (κ2) is 5.94. The monoisotopic (exact) mass is 279 g/mol.